The summed E-state index contributed by atoms with van der Waals surface area (Å²) in [6.07, 6.45) is 1.54. The van der Waals surface area contributed by atoms with E-state index in [4.69, 9.17) is 16.3 Å². The number of nitrogens with one attached hydrogen (secondary N) is 2. The predicted molar refractivity (Wildman–Crippen MR) is 101 cm³/mol. The molecule has 3 rings (SSSR count). The van der Waals surface area contributed by atoms with Crippen molar-refractivity contribution in [1.82, 2.24) is 10.2 Å². The van der Waals surface area contributed by atoms with Gasteiger partial charge in [-0.3, -0.25) is 9.59 Å². The van der Waals surface area contributed by atoms with Crippen LogP contribution in [-0.4, -0.2) is 36.4 Å². The quantitative estimate of drug-likeness (QED) is 0.612. The predicted octanol–water partition coefficient (Wildman–Crippen LogP) is 2.88. The van der Waals surface area contributed by atoms with E-state index in [0.717, 1.165) is 4.90 Å². The van der Waals surface area contributed by atoms with Crippen LogP contribution in [0.3, 0.4) is 0 Å². The minimum absolute atomic E-state index is 0.101. The number of nitrogens with zero attached hydrogens (tertiary/aromatic N) is 1. The molecule has 1 heterocycles. The first-order chi connectivity index (χ1) is 13.0. The number of benzene rings is 2. The van der Waals surface area contributed by atoms with E-state index in [0.29, 0.717) is 22.0 Å². The van der Waals surface area contributed by atoms with Gasteiger partial charge < -0.3 is 15.4 Å². The van der Waals surface area contributed by atoms with E-state index in [1.54, 1.807) is 55.6 Å². The summed E-state index contributed by atoms with van der Waals surface area (Å²) in [7, 11) is 1.56. The normalized spacial score (nSPS) is 15.0. The number of carbonyl (C=O) groups is 3. The first-order valence-corrected chi connectivity index (χ1v) is 8.38. The summed E-state index contributed by atoms with van der Waals surface area (Å²) < 4.78 is 5.08. The fourth-order valence-corrected chi connectivity index (χ4v) is 2.59. The number of anilines is 1. The van der Waals surface area contributed by atoms with Crippen molar-refractivity contribution in [3.63, 3.8) is 0 Å². The standard InChI is InChI=1S/C19H16ClN3O4/c1-27-15-8-2-12(3-9-15)10-16-18(25)23(19(26)22-16)11-17(24)21-14-6-4-13(20)5-7-14/h2-10H,11H2,1H3,(H,21,24)(H,22,26). The summed E-state index contributed by atoms with van der Waals surface area (Å²) in [6, 6.07) is 12.8. The van der Waals surface area contributed by atoms with Crippen molar-refractivity contribution in [2.24, 2.45) is 0 Å². The second-order valence-electron chi connectivity index (χ2n) is 5.71. The number of hydrogen-bond donors (Lipinski definition) is 2. The third-order valence-electron chi connectivity index (χ3n) is 3.82. The van der Waals surface area contributed by atoms with Crippen molar-refractivity contribution in [2.45, 2.75) is 0 Å². The Balaban J connectivity index is 1.67. The Morgan fingerprint density at radius 3 is 2.44 bits per heavy atom. The summed E-state index contributed by atoms with van der Waals surface area (Å²) in [5.41, 5.74) is 1.34. The minimum Gasteiger partial charge on any atom is -0.497 e. The Kier molecular flexibility index (Phi) is 5.42. The lowest BCUT2D eigenvalue weighted by Crippen LogP contribution is -2.38. The van der Waals surface area contributed by atoms with Crippen LogP contribution in [0.5, 0.6) is 5.75 Å². The molecule has 0 saturated carbocycles. The number of ether oxygens (including phenoxy) is 1. The second kappa shape index (κ2) is 7.92. The Bertz CT molecular complexity index is 908. The molecule has 7 nitrogen and oxygen atoms in total. The lowest BCUT2D eigenvalue weighted by Gasteiger charge is -2.12. The van der Waals surface area contributed by atoms with Gasteiger partial charge in [-0.15, -0.1) is 0 Å². The maximum atomic E-state index is 12.4. The third-order valence-corrected chi connectivity index (χ3v) is 4.07. The SMILES string of the molecule is COc1ccc(C=C2NC(=O)N(CC(=O)Nc3ccc(Cl)cc3)C2=O)cc1. The summed E-state index contributed by atoms with van der Waals surface area (Å²) in [5.74, 6) is -0.381. The molecule has 4 amide bonds. The molecule has 2 aromatic rings. The molecule has 1 fully saturated rings. The molecule has 8 heteroatoms. The molecule has 0 atom stereocenters. The van der Waals surface area contributed by atoms with Gasteiger partial charge in [0.1, 0.15) is 18.0 Å². The monoisotopic (exact) mass is 385 g/mol. The highest BCUT2D eigenvalue weighted by atomic mass is 35.5. The Hall–Kier alpha value is -3.32. The molecule has 1 saturated heterocycles. The first kappa shape index (κ1) is 18.5. The van der Waals surface area contributed by atoms with Gasteiger partial charge in [-0.2, -0.15) is 0 Å². The molecule has 1 aliphatic rings. The fraction of sp³-hybridized carbons (Fsp3) is 0.105. The zero-order chi connectivity index (χ0) is 19.4. The van der Waals surface area contributed by atoms with E-state index in [1.807, 2.05) is 0 Å². The van der Waals surface area contributed by atoms with Crippen molar-refractivity contribution in [3.05, 3.63) is 64.8 Å². The largest absolute Gasteiger partial charge is 0.497 e. The molecule has 1 aliphatic heterocycles. The average molecular weight is 386 g/mol. The number of urea groups is 1. The van der Waals surface area contributed by atoms with Gasteiger partial charge in [-0.25, -0.2) is 9.69 Å². The third kappa shape index (κ3) is 4.45. The van der Waals surface area contributed by atoms with Crippen molar-refractivity contribution in [2.75, 3.05) is 19.0 Å². The van der Waals surface area contributed by atoms with Crippen LogP contribution in [0.15, 0.2) is 54.2 Å². The maximum Gasteiger partial charge on any atom is 0.329 e. The summed E-state index contributed by atoms with van der Waals surface area (Å²) in [4.78, 5) is 37.5. The number of hydrogen-bond acceptors (Lipinski definition) is 4. The van der Waals surface area contributed by atoms with Gasteiger partial charge in [-0.05, 0) is 48.0 Å². The van der Waals surface area contributed by atoms with E-state index in [9.17, 15) is 14.4 Å². The Labute approximate surface area is 160 Å². The molecular weight excluding hydrogens is 370 g/mol. The molecule has 27 heavy (non-hydrogen) atoms. The lowest BCUT2D eigenvalue weighted by molar-refractivity contribution is -0.127. The number of rotatable bonds is 5. The van der Waals surface area contributed by atoms with Crippen LogP contribution in [0.1, 0.15) is 5.56 Å². The van der Waals surface area contributed by atoms with Crippen LogP contribution in [0.25, 0.3) is 6.08 Å². The molecule has 0 spiro atoms. The molecule has 2 aromatic carbocycles. The molecule has 0 bridgehead atoms. The van der Waals surface area contributed by atoms with Gasteiger partial charge in [0.15, 0.2) is 0 Å². The summed E-state index contributed by atoms with van der Waals surface area (Å²) in [5, 5.41) is 5.62. The Morgan fingerprint density at radius 1 is 1.15 bits per heavy atom. The molecular formula is C19H16ClN3O4. The topological polar surface area (TPSA) is 87.7 Å². The Morgan fingerprint density at radius 2 is 1.81 bits per heavy atom. The second-order valence-corrected chi connectivity index (χ2v) is 6.14. The van der Waals surface area contributed by atoms with Crippen LogP contribution in [0.4, 0.5) is 10.5 Å². The number of imide groups is 1. The molecule has 0 aromatic heterocycles. The van der Waals surface area contributed by atoms with Gasteiger partial charge in [0.05, 0.1) is 7.11 Å². The highest BCUT2D eigenvalue weighted by molar-refractivity contribution is 6.30. The number of methoxy groups -OCH3 is 1. The molecule has 0 radical (unpaired) electrons. The first-order valence-electron chi connectivity index (χ1n) is 8.00. The summed E-state index contributed by atoms with van der Waals surface area (Å²) >= 11 is 5.79. The maximum absolute atomic E-state index is 12.4. The number of halogens is 1. The van der Waals surface area contributed by atoms with Gasteiger partial charge in [-0.1, -0.05) is 23.7 Å². The highest BCUT2D eigenvalue weighted by Gasteiger charge is 2.34. The molecule has 0 aliphatic carbocycles. The number of carbonyl (C=O) groups excluding carboxylic acids is 3. The van der Waals surface area contributed by atoms with Gasteiger partial charge >= 0.3 is 6.03 Å². The van der Waals surface area contributed by atoms with Crippen molar-refractivity contribution >= 4 is 41.2 Å². The summed E-state index contributed by atoms with van der Waals surface area (Å²) in [6.45, 7) is -0.396. The van der Waals surface area contributed by atoms with Crippen molar-refractivity contribution < 1.29 is 19.1 Å². The van der Waals surface area contributed by atoms with Crippen LogP contribution >= 0.6 is 11.6 Å². The minimum atomic E-state index is -0.647. The highest BCUT2D eigenvalue weighted by Crippen LogP contribution is 2.17. The van der Waals surface area contributed by atoms with E-state index in [-0.39, 0.29) is 5.70 Å². The average Bonchev–Trinajstić information content (AvgIpc) is 2.91. The van der Waals surface area contributed by atoms with Crippen molar-refractivity contribution in [3.8, 4) is 5.75 Å². The van der Waals surface area contributed by atoms with Crippen LogP contribution < -0.4 is 15.4 Å². The molecule has 0 unspecified atom stereocenters. The smallest absolute Gasteiger partial charge is 0.329 e. The van der Waals surface area contributed by atoms with Crippen molar-refractivity contribution in [1.29, 1.82) is 0 Å². The van der Waals surface area contributed by atoms with Crippen LogP contribution in [0, 0.1) is 0 Å². The molecule has 138 valence electrons. The fourth-order valence-electron chi connectivity index (χ4n) is 2.46. The van der Waals surface area contributed by atoms with E-state index >= 15 is 0 Å². The van der Waals surface area contributed by atoms with Crippen LogP contribution in [0.2, 0.25) is 5.02 Å². The van der Waals surface area contributed by atoms with E-state index in [2.05, 4.69) is 10.6 Å². The molecule has 2 N–H and O–H groups in total. The van der Waals surface area contributed by atoms with Gasteiger partial charge in [0.2, 0.25) is 5.91 Å². The van der Waals surface area contributed by atoms with E-state index < -0.39 is 24.4 Å². The van der Waals surface area contributed by atoms with Gasteiger partial charge in [0.25, 0.3) is 5.91 Å². The number of amides is 4. The van der Waals surface area contributed by atoms with E-state index in [1.165, 1.54) is 6.08 Å². The lowest BCUT2D eigenvalue weighted by atomic mass is 10.2. The zero-order valence-corrected chi connectivity index (χ0v) is 15.1. The van der Waals surface area contributed by atoms with Crippen LogP contribution in [-0.2, 0) is 9.59 Å². The zero-order valence-electron chi connectivity index (χ0n) is 14.4. The van der Waals surface area contributed by atoms with Gasteiger partial charge in [0, 0.05) is 10.7 Å².